The second-order valence-corrected chi connectivity index (χ2v) is 8.70. The van der Waals surface area contributed by atoms with Gasteiger partial charge in [0.05, 0.1) is 16.8 Å². The molecule has 4 rings (SSSR count). The summed E-state index contributed by atoms with van der Waals surface area (Å²) in [5.74, 6) is 0.143. The molecule has 9 heteroatoms. The fourth-order valence-electron chi connectivity index (χ4n) is 3.96. The minimum Gasteiger partial charge on any atom is -0.382 e. The maximum Gasteiger partial charge on any atom is 0.274 e. The quantitative estimate of drug-likeness (QED) is 0.381. The molecule has 3 N–H and O–H groups in total. The summed E-state index contributed by atoms with van der Waals surface area (Å²) >= 11 is 0. The van der Waals surface area contributed by atoms with Gasteiger partial charge in [-0.1, -0.05) is 50.2 Å². The Morgan fingerprint density at radius 1 is 1.09 bits per heavy atom. The summed E-state index contributed by atoms with van der Waals surface area (Å²) in [6.07, 6.45) is 1.02. The summed E-state index contributed by atoms with van der Waals surface area (Å²) in [6, 6.07) is 18.5. The third-order valence-corrected chi connectivity index (χ3v) is 5.60. The summed E-state index contributed by atoms with van der Waals surface area (Å²) in [5.41, 5.74) is 7.87. The normalized spacial score (nSPS) is 11.0. The van der Waals surface area contributed by atoms with E-state index in [-0.39, 0.29) is 23.1 Å². The van der Waals surface area contributed by atoms with E-state index >= 15 is 0 Å². The topological polar surface area (TPSA) is 132 Å². The van der Waals surface area contributed by atoms with E-state index in [1.807, 2.05) is 44.2 Å². The van der Waals surface area contributed by atoms with Crippen molar-refractivity contribution in [2.45, 2.75) is 33.2 Å². The Labute approximate surface area is 202 Å². The highest BCUT2D eigenvalue weighted by molar-refractivity contribution is 6.04. The van der Waals surface area contributed by atoms with Crippen molar-refractivity contribution < 1.29 is 4.79 Å². The summed E-state index contributed by atoms with van der Waals surface area (Å²) in [4.78, 5) is 25.8. The average Bonchev–Trinajstić information content (AvgIpc) is 3.18. The number of rotatable bonds is 8. The lowest BCUT2D eigenvalue weighted by Crippen LogP contribution is -2.32. The van der Waals surface area contributed by atoms with Crippen molar-refractivity contribution >= 4 is 22.5 Å². The summed E-state index contributed by atoms with van der Waals surface area (Å²) in [7, 11) is 0. The van der Waals surface area contributed by atoms with E-state index in [9.17, 15) is 14.9 Å². The van der Waals surface area contributed by atoms with Crippen molar-refractivity contribution in [3.63, 3.8) is 0 Å². The van der Waals surface area contributed by atoms with Crippen LogP contribution in [0.4, 0.5) is 5.82 Å². The number of nitrogen functional groups attached to an aromatic ring is 1. The highest BCUT2D eigenvalue weighted by Crippen LogP contribution is 2.21. The monoisotopic (exact) mass is 469 g/mol. The van der Waals surface area contributed by atoms with E-state index in [2.05, 4.69) is 21.6 Å². The lowest BCUT2D eigenvalue weighted by Gasteiger charge is -2.12. The molecule has 35 heavy (non-hydrogen) atoms. The Hall–Kier alpha value is -4.45. The van der Waals surface area contributed by atoms with Gasteiger partial charge in [0.1, 0.15) is 17.5 Å². The molecule has 0 radical (unpaired) electrons. The molecule has 0 fully saturated rings. The lowest BCUT2D eigenvalue weighted by molar-refractivity contribution is 0.0947. The van der Waals surface area contributed by atoms with Crippen LogP contribution in [0.25, 0.3) is 16.5 Å². The zero-order valence-electron chi connectivity index (χ0n) is 19.7. The molecule has 2 heterocycles. The first-order chi connectivity index (χ1) is 16.9. The van der Waals surface area contributed by atoms with Crippen molar-refractivity contribution in [1.29, 1.82) is 5.26 Å². The van der Waals surface area contributed by atoms with Gasteiger partial charge in [0, 0.05) is 18.5 Å². The van der Waals surface area contributed by atoms with Crippen LogP contribution < -0.4 is 16.6 Å². The number of nitrogens with one attached hydrogen (secondary N) is 1. The minimum absolute atomic E-state index is 0.203. The van der Waals surface area contributed by atoms with Gasteiger partial charge in [-0.15, -0.1) is 0 Å². The summed E-state index contributed by atoms with van der Waals surface area (Å²) in [5, 5.41) is 22.3. The van der Waals surface area contributed by atoms with Crippen LogP contribution in [0.2, 0.25) is 0 Å². The minimum atomic E-state index is -0.353. The molecule has 1 amide bonds. The molecule has 0 aliphatic heterocycles. The predicted octanol–water partition coefficient (Wildman–Crippen LogP) is 3.05. The fraction of sp³-hybridized carbons (Fsp3) is 0.269. The molecule has 0 bridgehead atoms. The van der Waals surface area contributed by atoms with E-state index in [1.54, 1.807) is 28.9 Å². The molecule has 2 aromatic carbocycles. The van der Waals surface area contributed by atoms with Gasteiger partial charge in [-0.05, 0) is 37.0 Å². The van der Waals surface area contributed by atoms with Crippen LogP contribution in [0.5, 0.6) is 0 Å². The molecule has 9 nitrogen and oxygen atoms in total. The van der Waals surface area contributed by atoms with E-state index < -0.39 is 0 Å². The number of carbonyl (C=O) groups is 1. The number of hydrogen-bond donors (Lipinski definition) is 2. The first-order valence-electron chi connectivity index (χ1n) is 11.5. The number of amides is 1. The number of para-hydroxylation sites is 1. The third-order valence-electron chi connectivity index (χ3n) is 5.60. The first-order valence-corrected chi connectivity index (χ1v) is 11.5. The predicted molar refractivity (Wildman–Crippen MR) is 134 cm³/mol. The van der Waals surface area contributed by atoms with Crippen molar-refractivity contribution in [1.82, 2.24) is 24.9 Å². The number of carbonyl (C=O) groups excluding carboxylic acids is 1. The molecule has 2 aromatic heterocycles. The lowest BCUT2D eigenvalue weighted by atomic mass is 10.1. The Kier molecular flexibility index (Phi) is 6.92. The number of aromatic nitrogens is 4. The molecule has 0 aliphatic carbocycles. The largest absolute Gasteiger partial charge is 0.382 e. The van der Waals surface area contributed by atoms with Crippen molar-refractivity contribution in [2.24, 2.45) is 5.92 Å². The van der Waals surface area contributed by atoms with Gasteiger partial charge in [-0.25, -0.2) is 9.36 Å². The molecule has 0 aliphatic rings. The first kappa shape index (κ1) is 23.7. The summed E-state index contributed by atoms with van der Waals surface area (Å²) < 4.78 is 2.92. The number of aryl methyl sites for hydroxylation is 1. The molecule has 4 aromatic rings. The second-order valence-electron chi connectivity index (χ2n) is 8.70. The Bertz CT molecular complexity index is 1460. The van der Waals surface area contributed by atoms with Crippen LogP contribution in [0, 0.1) is 17.2 Å². The Morgan fingerprint density at radius 2 is 1.77 bits per heavy atom. The van der Waals surface area contributed by atoms with E-state index in [4.69, 9.17) is 5.73 Å². The fourth-order valence-corrected chi connectivity index (χ4v) is 3.96. The van der Waals surface area contributed by atoms with Crippen LogP contribution in [0.15, 0.2) is 59.4 Å². The highest BCUT2D eigenvalue weighted by Gasteiger charge is 2.18. The molecule has 0 unspecified atom stereocenters. The molecule has 178 valence electrons. The zero-order valence-corrected chi connectivity index (χ0v) is 19.7. The molecular weight excluding hydrogens is 442 g/mol. The maximum atomic E-state index is 13.0. The van der Waals surface area contributed by atoms with Crippen LogP contribution in [-0.2, 0) is 13.0 Å². The molecule has 0 saturated heterocycles. The van der Waals surface area contributed by atoms with Crippen molar-refractivity contribution in [3.8, 4) is 11.8 Å². The van der Waals surface area contributed by atoms with Crippen LogP contribution >= 0.6 is 0 Å². The van der Waals surface area contributed by atoms with Gasteiger partial charge in [-0.3, -0.25) is 9.59 Å². The van der Waals surface area contributed by atoms with Gasteiger partial charge in [0.25, 0.3) is 11.5 Å². The maximum absolute atomic E-state index is 13.0. The Balaban J connectivity index is 1.49. The van der Waals surface area contributed by atoms with Crippen LogP contribution in [0.3, 0.4) is 0 Å². The van der Waals surface area contributed by atoms with E-state index in [0.717, 1.165) is 5.69 Å². The van der Waals surface area contributed by atoms with Gasteiger partial charge in [0.2, 0.25) is 0 Å². The number of nitriles is 1. The highest BCUT2D eigenvalue weighted by atomic mass is 16.2. The van der Waals surface area contributed by atoms with Gasteiger partial charge in [0.15, 0.2) is 5.69 Å². The van der Waals surface area contributed by atoms with Gasteiger partial charge < -0.3 is 11.1 Å². The Morgan fingerprint density at radius 3 is 2.46 bits per heavy atom. The van der Waals surface area contributed by atoms with Crippen LogP contribution in [0.1, 0.15) is 42.0 Å². The zero-order chi connectivity index (χ0) is 24.9. The van der Waals surface area contributed by atoms with E-state index in [0.29, 0.717) is 53.8 Å². The van der Waals surface area contributed by atoms with Crippen molar-refractivity contribution in [2.75, 3.05) is 12.3 Å². The second kappa shape index (κ2) is 10.2. The SMILES string of the molecule is CC(C)Cn1nc(C(=O)NCCCc2nn(-c3ccccc3)c(N)c2C#N)c2ccccc2c1=O. The van der Waals surface area contributed by atoms with Crippen LogP contribution in [-0.4, -0.2) is 32.0 Å². The average molecular weight is 470 g/mol. The standard InChI is InChI=1S/C26H27N7O2/c1-17(2)16-32-26(35)20-12-7-6-11-19(20)23(31-32)25(34)29-14-8-13-22-21(15-27)24(28)33(30-22)18-9-4-3-5-10-18/h3-7,9-12,17H,8,13-14,16,28H2,1-2H3,(H,29,34). The number of anilines is 1. The molecule has 0 spiro atoms. The molecular formula is C26H27N7O2. The molecule has 0 saturated carbocycles. The summed E-state index contributed by atoms with van der Waals surface area (Å²) in [6.45, 7) is 4.75. The third kappa shape index (κ3) is 4.92. The van der Waals surface area contributed by atoms with Gasteiger partial charge >= 0.3 is 0 Å². The number of nitrogens with two attached hydrogens (primary N) is 1. The number of benzene rings is 2. The molecule has 0 atom stereocenters. The smallest absolute Gasteiger partial charge is 0.274 e. The van der Waals surface area contributed by atoms with E-state index in [1.165, 1.54) is 4.68 Å². The number of nitrogens with zero attached hydrogens (tertiary/aromatic N) is 5. The number of hydrogen-bond acceptors (Lipinski definition) is 6. The number of fused-ring (bicyclic) bond motifs is 1. The van der Waals surface area contributed by atoms with Gasteiger partial charge in [-0.2, -0.15) is 15.5 Å². The van der Waals surface area contributed by atoms with Crippen molar-refractivity contribution in [3.05, 3.63) is 81.9 Å².